The van der Waals surface area contributed by atoms with Gasteiger partial charge in [0.05, 0.1) is 10.9 Å². The molecular formula is C20H17ClN4O4S. The molecule has 5 amide bonds. The van der Waals surface area contributed by atoms with Crippen molar-refractivity contribution in [2.75, 3.05) is 5.32 Å². The number of fused-ring (bicyclic) bond motifs is 1. The first kappa shape index (κ1) is 20.2. The van der Waals surface area contributed by atoms with Crippen LogP contribution < -0.4 is 16.1 Å². The monoisotopic (exact) mass is 444 g/mol. The Morgan fingerprint density at radius 2 is 1.93 bits per heavy atom. The third kappa shape index (κ3) is 3.61. The number of rotatable bonds is 4. The summed E-state index contributed by atoms with van der Waals surface area (Å²) in [6, 6.07) is 13.1. The standard InChI is InChI=1S/C20H17ClN4O4S/c1-20(11-5-3-2-4-6-11)18(28)25(19(29)23-20)24-16(26)10-15-17(27)22-13-9-12(21)7-8-14(13)30-15/h2-9,15H,10H2,1H3,(H,22,27)(H,23,29)(H,24,26). The molecule has 3 N–H and O–H groups in total. The van der Waals surface area contributed by atoms with Crippen molar-refractivity contribution in [1.29, 1.82) is 0 Å². The first-order valence-electron chi connectivity index (χ1n) is 9.07. The van der Waals surface area contributed by atoms with E-state index in [1.165, 1.54) is 11.8 Å². The molecule has 10 heteroatoms. The summed E-state index contributed by atoms with van der Waals surface area (Å²) in [6.45, 7) is 1.57. The molecule has 2 aliphatic rings. The second-order valence-electron chi connectivity index (χ2n) is 7.04. The van der Waals surface area contributed by atoms with Crippen molar-refractivity contribution in [2.45, 2.75) is 29.0 Å². The minimum absolute atomic E-state index is 0.211. The number of urea groups is 1. The molecule has 2 unspecified atom stereocenters. The van der Waals surface area contributed by atoms with Gasteiger partial charge in [-0.25, -0.2) is 4.79 Å². The smallest absolute Gasteiger partial charge is 0.324 e. The van der Waals surface area contributed by atoms with Gasteiger partial charge in [0.25, 0.3) is 5.91 Å². The Labute approximate surface area is 181 Å². The number of benzene rings is 2. The van der Waals surface area contributed by atoms with Crippen molar-refractivity contribution in [3.8, 4) is 0 Å². The zero-order chi connectivity index (χ0) is 21.5. The number of thioether (sulfide) groups is 1. The van der Waals surface area contributed by atoms with Gasteiger partial charge in [-0.1, -0.05) is 41.9 Å². The van der Waals surface area contributed by atoms with E-state index in [-0.39, 0.29) is 12.3 Å². The summed E-state index contributed by atoms with van der Waals surface area (Å²) in [4.78, 5) is 50.8. The maximum absolute atomic E-state index is 12.9. The van der Waals surface area contributed by atoms with Crippen molar-refractivity contribution in [2.24, 2.45) is 0 Å². The van der Waals surface area contributed by atoms with E-state index in [1.807, 2.05) is 0 Å². The Hall–Kier alpha value is -3.04. The molecule has 0 radical (unpaired) electrons. The lowest BCUT2D eigenvalue weighted by Crippen LogP contribution is -2.49. The molecule has 1 saturated heterocycles. The average molecular weight is 445 g/mol. The van der Waals surface area contributed by atoms with Gasteiger partial charge in [0.15, 0.2) is 0 Å². The highest BCUT2D eigenvalue weighted by atomic mass is 35.5. The molecule has 154 valence electrons. The molecule has 8 nitrogen and oxygen atoms in total. The number of nitrogens with zero attached hydrogens (tertiary/aromatic N) is 1. The quantitative estimate of drug-likeness (QED) is 0.628. The number of hydrogen-bond donors (Lipinski definition) is 3. The van der Waals surface area contributed by atoms with Crippen molar-refractivity contribution in [3.63, 3.8) is 0 Å². The molecule has 30 heavy (non-hydrogen) atoms. The number of halogens is 1. The number of hydrazine groups is 1. The average Bonchev–Trinajstić information content (AvgIpc) is 2.93. The van der Waals surface area contributed by atoms with Crippen molar-refractivity contribution < 1.29 is 19.2 Å². The normalized spacial score (nSPS) is 22.9. The van der Waals surface area contributed by atoms with E-state index in [2.05, 4.69) is 16.1 Å². The van der Waals surface area contributed by atoms with Crippen LogP contribution in [0.25, 0.3) is 0 Å². The molecule has 2 heterocycles. The minimum atomic E-state index is -1.29. The highest BCUT2D eigenvalue weighted by molar-refractivity contribution is 8.01. The Balaban J connectivity index is 1.44. The van der Waals surface area contributed by atoms with Crippen LogP contribution in [0.1, 0.15) is 18.9 Å². The van der Waals surface area contributed by atoms with E-state index < -0.39 is 28.6 Å². The fraction of sp³-hybridized carbons (Fsp3) is 0.200. The van der Waals surface area contributed by atoms with E-state index in [9.17, 15) is 19.2 Å². The Kier molecular flexibility index (Phi) is 5.17. The second kappa shape index (κ2) is 7.66. The largest absolute Gasteiger partial charge is 0.344 e. The lowest BCUT2D eigenvalue weighted by atomic mass is 9.92. The van der Waals surface area contributed by atoms with Gasteiger partial charge >= 0.3 is 6.03 Å². The number of imide groups is 1. The van der Waals surface area contributed by atoms with Crippen molar-refractivity contribution >= 4 is 52.8 Å². The van der Waals surface area contributed by atoms with E-state index >= 15 is 0 Å². The Morgan fingerprint density at radius 1 is 1.20 bits per heavy atom. The number of anilines is 1. The van der Waals surface area contributed by atoms with Crippen LogP contribution in [0.3, 0.4) is 0 Å². The zero-order valence-corrected chi connectivity index (χ0v) is 17.3. The lowest BCUT2D eigenvalue weighted by molar-refractivity contribution is -0.139. The van der Waals surface area contributed by atoms with Crippen LogP contribution in [-0.2, 0) is 19.9 Å². The molecule has 0 spiro atoms. The molecule has 0 aliphatic carbocycles. The highest BCUT2D eigenvalue weighted by Crippen LogP contribution is 2.38. The molecule has 2 aromatic carbocycles. The van der Waals surface area contributed by atoms with Gasteiger partial charge in [0.1, 0.15) is 5.54 Å². The summed E-state index contributed by atoms with van der Waals surface area (Å²) in [7, 11) is 0. The topological polar surface area (TPSA) is 108 Å². The van der Waals surface area contributed by atoms with E-state index in [0.29, 0.717) is 21.3 Å². The van der Waals surface area contributed by atoms with Crippen LogP contribution in [0, 0.1) is 0 Å². The van der Waals surface area contributed by atoms with E-state index in [0.717, 1.165) is 4.90 Å². The van der Waals surface area contributed by atoms with Gasteiger partial charge in [0.2, 0.25) is 11.8 Å². The van der Waals surface area contributed by atoms with E-state index in [1.54, 1.807) is 55.5 Å². The van der Waals surface area contributed by atoms with Gasteiger partial charge in [0, 0.05) is 16.3 Å². The summed E-state index contributed by atoms with van der Waals surface area (Å²) in [5.74, 6) is -1.58. The summed E-state index contributed by atoms with van der Waals surface area (Å²) in [5, 5.41) is 5.77. The molecule has 0 saturated carbocycles. The predicted octanol–water partition coefficient (Wildman–Crippen LogP) is 2.64. The fourth-order valence-electron chi connectivity index (χ4n) is 3.30. The molecular weight excluding hydrogens is 428 g/mol. The highest BCUT2D eigenvalue weighted by Gasteiger charge is 2.50. The molecule has 2 aromatic rings. The molecule has 2 aliphatic heterocycles. The maximum atomic E-state index is 12.9. The van der Waals surface area contributed by atoms with E-state index in [4.69, 9.17) is 11.6 Å². The minimum Gasteiger partial charge on any atom is -0.324 e. The molecule has 0 bridgehead atoms. The van der Waals surface area contributed by atoms with Gasteiger partial charge < -0.3 is 10.6 Å². The third-order valence-electron chi connectivity index (χ3n) is 4.91. The van der Waals surface area contributed by atoms with Gasteiger partial charge in [-0.3, -0.25) is 19.8 Å². The van der Waals surface area contributed by atoms with Crippen LogP contribution in [0.5, 0.6) is 0 Å². The summed E-state index contributed by atoms with van der Waals surface area (Å²) < 4.78 is 0. The molecule has 1 fully saturated rings. The predicted molar refractivity (Wildman–Crippen MR) is 112 cm³/mol. The summed E-state index contributed by atoms with van der Waals surface area (Å²) >= 11 is 7.16. The molecule has 0 aromatic heterocycles. The number of hydrogen-bond acceptors (Lipinski definition) is 5. The van der Waals surface area contributed by atoms with Gasteiger partial charge in [-0.2, -0.15) is 5.01 Å². The first-order chi connectivity index (χ1) is 14.3. The maximum Gasteiger partial charge on any atom is 0.344 e. The van der Waals surface area contributed by atoms with Crippen LogP contribution in [0.15, 0.2) is 53.4 Å². The molecule has 4 rings (SSSR count). The lowest BCUT2D eigenvalue weighted by Gasteiger charge is -2.25. The second-order valence-corrected chi connectivity index (χ2v) is 8.72. The van der Waals surface area contributed by atoms with Gasteiger partial charge in [-0.15, -0.1) is 11.8 Å². The fourth-order valence-corrected chi connectivity index (χ4v) is 4.57. The Bertz CT molecular complexity index is 1060. The number of carbonyl (C=O) groups is 4. The number of nitrogens with one attached hydrogen (secondary N) is 3. The SMILES string of the molecule is CC1(c2ccccc2)NC(=O)N(NC(=O)CC2Sc3ccc(Cl)cc3NC2=O)C1=O. The third-order valence-corrected chi connectivity index (χ3v) is 6.42. The number of amides is 5. The summed E-state index contributed by atoms with van der Waals surface area (Å²) in [5.41, 5.74) is 2.21. The zero-order valence-electron chi connectivity index (χ0n) is 15.8. The summed E-state index contributed by atoms with van der Waals surface area (Å²) in [6.07, 6.45) is -0.211. The first-order valence-corrected chi connectivity index (χ1v) is 10.3. The Morgan fingerprint density at radius 3 is 2.67 bits per heavy atom. The van der Waals surface area contributed by atoms with Gasteiger partial charge in [-0.05, 0) is 30.7 Å². The van der Waals surface area contributed by atoms with Crippen molar-refractivity contribution in [1.82, 2.24) is 15.8 Å². The van der Waals surface area contributed by atoms with Crippen LogP contribution in [0.4, 0.5) is 10.5 Å². The van der Waals surface area contributed by atoms with Crippen LogP contribution in [-0.4, -0.2) is 34.0 Å². The van der Waals surface area contributed by atoms with Crippen LogP contribution >= 0.6 is 23.4 Å². The molecule has 2 atom stereocenters. The van der Waals surface area contributed by atoms with Crippen molar-refractivity contribution in [3.05, 3.63) is 59.1 Å². The number of carbonyl (C=O) groups excluding carboxylic acids is 4. The van der Waals surface area contributed by atoms with Crippen LogP contribution in [0.2, 0.25) is 5.02 Å².